The molecule has 0 amide bonds. The number of nitrogens with zero attached hydrogens (tertiary/aromatic N) is 2. The summed E-state index contributed by atoms with van der Waals surface area (Å²) in [6, 6.07) is 7.04. The Morgan fingerprint density at radius 2 is 1.90 bits per heavy atom. The minimum absolute atomic E-state index is 0.117. The van der Waals surface area contributed by atoms with Gasteiger partial charge in [0.15, 0.2) is 0 Å². The fourth-order valence-corrected chi connectivity index (χ4v) is 2.65. The molecule has 1 saturated heterocycles. The third kappa shape index (κ3) is 5.26. The van der Waals surface area contributed by atoms with E-state index in [0.717, 1.165) is 64.5 Å². The van der Waals surface area contributed by atoms with Crippen molar-refractivity contribution in [1.29, 1.82) is 0 Å². The lowest BCUT2D eigenvalue weighted by Gasteiger charge is -2.36. The standard InChI is InChI=1S/C16H26FN3O/c1-21-14-8-18-7-4-9-19-10-12-20(13-11-19)16-6-3-2-5-15(16)17/h2-3,5-6,18H,4,7-14H2,1H3. The van der Waals surface area contributed by atoms with Gasteiger partial charge >= 0.3 is 0 Å². The summed E-state index contributed by atoms with van der Waals surface area (Å²) in [6.45, 7) is 7.62. The number of benzene rings is 1. The Hall–Kier alpha value is -1.17. The Morgan fingerprint density at radius 3 is 2.62 bits per heavy atom. The van der Waals surface area contributed by atoms with Crippen LogP contribution in [-0.2, 0) is 4.74 Å². The largest absolute Gasteiger partial charge is 0.383 e. The summed E-state index contributed by atoms with van der Waals surface area (Å²) < 4.78 is 18.7. The molecule has 2 rings (SSSR count). The van der Waals surface area contributed by atoms with E-state index < -0.39 is 0 Å². The van der Waals surface area contributed by atoms with Crippen LogP contribution in [0.15, 0.2) is 24.3 Å². The Kier molecular flexibility index (Phi) is 6.92. The summed E-state index contributed by atoms with van der Waals surface area (Å²) in [5, 5.41) is 3.36. The number of piperazine rings is 1. The van der Waals surface area contributed by atoms with Crippen molar-refractivity contribution in [2.45, 2.75) is 6.42 Å². The zero-order valence-electron chi connectivity index (χ0n) is 12.9. The molecule has 0 saturated carbocycles. The van der Waals surface area contributed by atoms with Crippen molar-refractivity contribution in [2.75, 3.05) is 64.4 Å². The van der Waals surface area contributed by atoms with Crippen LogP contribution in [0.2, 0.25) is 0 Å². The summed E-state index contributed by atoms with van der Waals surface area (Å²) in [4.78, 5) is 4.60. The number of nitrogens with one attached hydrogen (secondary N) is 1. The molecule has 1 aromatic carbocycles. The number of methoxy groups -OCH3 is 1. The van der Waals surface area contributed by atoms with Gasteiger partial charge in [0.25, 0.3) is 0 Å². The zero-order valence-corrected chi connectivity index (χ0v) is 12.9. The first-order chi connectivity index (χ1) is 10.3. The quantitative estimate of drug-likeness (QED) is 0.737. The molecule has 0 spiro atoms. The molecule has 1 heterocycles. The minimum Gasteiger partial charge on any atom is -0.383 e. The van der Waals surface area contributed by atoms with Crippen LogP contribution >= 0.6 is 0 Å². The summed E-state index contributed by atoms with van der Waals surface area (Å²) in [5.74, 6) is -0.117. The van der Waals surface area contributed by atoms with Crippen molar-refractivity contribution < 1.29 is 9.13 Å². The summed E-state index contributed by atoms with van der Waals surface area (Å²) in [7, 11) is 1.72. The van der Waals surface area contributed by atoms with Crippen molar-refractivity contribution in [3.05, 3.63) is 30.1 Å². The van der Waals surface area contributed by atoms with Crippen molar-refractivity contribution in [2.24, 2.45) is 0 Å². The number of hydrogen-bond donors (Lipinski definition) is 1. The van der Waals surface area contributed by atoms with Crippen molar-refractivity contribution in [1.82, 2.24) is 10.2 Å². The molecule has 4 nitrogen and oxygen atoms in total. The molecule has 21 heavy (non-hydrogen) atoms. The van der Waals surface area contributed by atoms with Gasteiger partial charge in [-0.05, 0) is 31.6 Å². The second-order valence-corrected chi connectivity index (χ2v) is 5.38. The minimum atomic E-state index is -0.117. The van der Waals surface area contributed by atoms with Crippen LogP contribution < -0.4 is 10.2 Å². The van der Waals surface area contributed by atoms with Crippen LogP contribution in [-0.4, -0.2) is 64.4 Å². The number of para-hydroxylation sites is 1. The van der Waals surface area contributed by atoms with Gasteiger partial charge in [0.1, 0.15) is 5.82 Å². The third-order valence-corrected chi connectivity index (χ3v) is 3.88. The van der Waals surface area contributed by atoms with E-state index in [1.54, 1.807) is 13.2 Å². The van der Waals surface area contributed by atoms with E-state index in [2.05, 4.69) is 15.1 Å². The van der Waals surface area contributed by atoms with E-state index in [-0.39, 0.29) is 5.82 Å². The first-order valence-corrected chi connectivity index (χ1v) is 7.73. The highest BCUT2D eigenvalue weighted by Crippen LogP contribution is 2.19. The Labute approximate surface area is 126 Å². The first kappa shape index (κ1) is 16.2. The van der Waals surface area contributed by atoms with E-state index in [1.165, 1.54) is 6.07 Å². The topological polar surface area (TPSA) is 27.7 Å². The predicted octanol–water partition coefficient (Wildman–Crippen LogP) is 1.57. The maximum atomic E-state index is 13.7. The molecule has 118 valence electrons. The fraction of sp³-hybridized carbons (Fsp3) is 0.625. The summed E-state index contributed by atoms with van der Waals surface area (Å²) in [5.41, 5.74) is 0.735. The molecule has 1 N–H and O–H groups in total. The number of halogens is 1. The average Bonchev–Trinajstić information content (AvgIpc) is 2.52. The van der Waals surface area contributed by atoms with Crippen LogP contribution in [0, 0.1) is 5.82 Å². The second-order valence-electron chi connectivity index (χ2n) is 5.38. The second kappa shape index (κ2) is 8.97. The van der Waals surface area contributed by atoms with Gasteiger partial charge in [-0.15, -0.1) is 0 Å². The lowest BCUT2D eigenvalue weighted by molar-refractivity contribution is 0.198. The highest BCUT2D eigenvalue weighted by Gasteiger charge is 2.18. The van der Waals surface area contributed by atoms with Crippen LogP contribution in [0.1, 0.15) is 6.42 Å². The molecule has 1 fully saturated rings. The number of ether oxygens (including phenoxy) is 1. The molecule has 1 aromatic rings. The number of rotatable bonds is 8. The molecular weight excluding hydrogens is 269 g/mol. The average molecular weight is 295 g/mol. The molecule has 0 aliphatic carbocycles. The molecule has 0 atom stereocenters. The monoisotopic (exact) mass is 295 g/mol. The highest BCUT2D eigenvalue weighted by molar-refractivity contribution is 5.47. The lowest BCUT2D eigenvalue weighted by Crippen LogP contribution is -2.47. The van der Waals surface area contributed by atoms with Crippen molar-refractivity contribution in [3.63, 3.8) is 0 Å². The van der Waals surface area contributed by atoms with Gasteiger partial charge in [-0.1, -0.05) is 12.1 Å². The van der Waals surface area contributed by atoms with Crippen molar-refractivity contribution in [3.8, 4) is 0 Å². The third-order valence-electron chi connectivity index (χ3n) is 3.88. The van der Waals surface area contributed by atoms with Gasteiger partial charge < -0.3 is 15.0 Å². The van der Waals surface area contributed by atoms with Crippen LogP contribution in [0.4, 0.5) is 10.1 Å². The molecular formula is C16H26FN3O. The van der Waals surface area contributed by atoms with E-state index >= 15 is 0 Å². The predicted molar refractivity (Wildman–Crippen MR) is 84.4 cm³/mol. The van der Waals surface area contributed by atoms with Crippen LogP contribution in [0.5, 0.6) is 0 Å². The molecule has 0 unspecified atom stereocenters. The lowest BCUT2D eigenvalue weighted by atomic mass is 10.2. The molecule has 5 heteroatoms. The van der Waals surface area contributed by atoms with Crippen LogP contribution in [0.25, 0.3) is 0 Å². The SMILES string of the molecule is COCCNCCCN1CCN(c2ccccc2F)CC1. The Morgan fingerprint density at radius 1 is 1.14 bits per heavy atom. The van der Waals surface area contributed by atoms with E-state index in [0.29, 0.717) is 0 Å². The molecule has 0 radical (unpaired) electrons. The summed E-state index contributed by atoms with van der Waals surface area (Å²) >= 11 is 0. The Bertz CT molecular complexity index is 408. The Balaban J connectivity index is 1.63. The van der Waals surface area contributed by atoms with Gasteiger partial charge in [-0.2, -0.15) is 0 Å². The fourth-order valence-electron chi connectivity index (χ4n) is 2.65. The van der Waals surface area contributed by atoms with Crippen LogP contribution in [0.3, 0.4) is 0 Å². The first-order valence-electron chi connectivity index (χ1n) is 7.73. The summed E-state index contributed by atoms with van der Waals surface area (Å²) in [6.07, 6.45) is 1.14. The van der Waals surface area contributed by atoms with E-state index in [1.807, 2.05) is 12.1 Å². The van der Waals surface area contributed by atoms with Gasteiger partial charge in [0.05, 0.1) is 12.3 Å². The number of anilines is 1. The highest BCUT2D eigenvalue weighted by atomic mass is 19.1. The van der Waals surface area contributed by atoms with Crippen molar-refractivity contribution >= 4 is 5.69 Å². The molecule has 1 aliphatic heterocycles. The zero-order chi connectivity index (χ0) is 14.9. The van der Waals surface area contributed by atoms with Gasteiger partial charge in [0, 0.05) is 39.8 Å². The molecule has 0 aromatic heterocycles. The normalized spacial score (nSPS) is 16.4. The van der Waals surface area contributed by atoms with Gasteiger partial charge in [0.2, 0.25) is 0 Å². The maximum Gasteiger partial charge on any atom is 0.146 e. The number of hydrogen-bond acceptors (Lipinski definition) is 4. The molecule has 1 aliphatic rings. The smallest absolute Gasteiger partial charge is 0.146 e. The van der Waals surface area contributed by atoms with Gasteiger partial charge in [-0.25, -0.2) is 4.39 Å². The molecule has 0 bridgehead atoms. The van der Waals surface area contributed by atoms with Gasteiger partial charge in [-0.3, -0.25) is 4.90 Å². The maximum absolute atomic E-state index is 13.7. The van der Waals surface area contributed by atoms with E-state index in [4.69, 9.17) is 4.74 Å². The van der Waals surface area contributed by atoms with E-state index in [9.17, 15) is 4.39 Å².